The molecule has 13 heteroatoms. The first-order valence-electron chi connectivity index (χ1n) is 14.3. The highest BCUT2D eigenvalue weighted by atomic mass is 32.2. The Morgan fingerprint density at radius 3 is 2.54 bits per heavy atom. The number of aryl methyl sites for hydroxylation is 2. The molecule has 3 aromatic carbocycles. The van der Waals surface area contributed by atoms with Gasteiger partial charge in [0, 0.05) is 29.8 Å². The summed E-state index contributed by atoms with van der Waals surface area (Å²) in [7, 11) is -4.16. The number of allylic oxidation sites excluding steroid dienone is 1. The van der Waals surface area contributed by atoms with E-state index in [-0.39, 0.29) is 74.1 Å². The van der Waals surface area contributed by atoms with Crippen LogP contribution in [0.5, 0.6) is 11.5 Å². The molecule has 240 valence electrons. The highest BCUT2D eigenvalue weighted by Crippen LogP contribution is 2.52. The lowest BCUT2D eigenvalue weighted by atomic mass is 9.88. The number of nitrogens with one attached hydrogen (secondary N) is 1. The number of anilines is 2. The third-order valence-electron chi connectivity index (χ3n) is 7.95. The number of hydrogen-bond acceptors (Lipinski definition) is 8. The van der Waals surface area contributed by atoms with Crippen LogP contribution in [0.4, 0.5) is 24.5 Å². The monoisotopic (exact) mass is 653 g/mol. The Kier molecular flexibility index (Phi) is 7.62. The van der Waals surface area contributed by atoms with Gasteiger partial charge in [-0.2, -0.15) is 0 Å². The second kappa shape index (κ2) is 11.2. The van der Waals surface area contributed by atoms with Gasteiger partial charge in [-0.3, -0.25) is 9.69 Å². The number of phenolic OH excluding ortho intramolecular Hbond substituents is 1. The molecule has 2 N–H and O–H groups in total. The molecule has 46 heavy (non-hydrogen) atoms. The molecule has 2 aliphatic rings. The zero-order valence-electron chi connectivity index (χ0n) is 25.3. The fourth-order valence-electron chi connectivity index (χ4n) is 6.09. The first-order chi connectivity index (χ1) is 21.7. The number of phenols is 1. The van der Waals surface area contributed by atoms with E-state index in [2.05, 4.69) is 10.3 Å². The van der Waals surface area contributed by atoms with E-state index in [9.17, 15) is 27.1 Å². The zero-order valence-corrected chi connectivity index (χ0v) is 26.1. The van der Waals surface area contributed by atoms with Gasteiger partial charge in [-0.1, -0.05) is 32.0 Å². The van der Waals surface area contributed by atoms with Crippen LogP contribution in [0.2, 0.25) is 0 Å². The van der Waals surface area contributed by atoms with Gasteiger partial charge in [0.25, 0.3) is 5.91 Å². The second-order valence-electron chi connectivity index (χ2n) is 12.1. The van der Waals surface area contributed by atoms with Crippen molar-refractivity contribution < 1.29 is 40.6 Å². The van der Waals surface area contributed by atoms with E-state index in [0.717, 1.165) is 17.0 Å². The standard InChI is InChI=1S/C33H30F3N3O6S/c1-17-28(37-18(2)45-17)32(41)39-25-9-6-10-26(40)29(25)38-24-14-33(3,4)16-46(42,43)31(24)30(39)21-12-11-20(13-23(21)35)44-15-19-7-5-8-22(34)27(19)36/h5-13,30,38,40H,14-16H2,1-4H3. The van der Waals surface area contributed by atoms with Crippen LogP contribution in [0.3, 0.4) is 0 Å². The van der Waals surface area contributed by atoms with Gasteiger partial charge in [0.05, 0.1) is 16.3 Å². The molecule has 6 rings (SSSR count). The number of oxazole rings is 1. The van der Waals surface area contributed by atoms with Crippen LogP contribution in [0, 0.1) is 36.7 Å². The van der Waals surface area contributed by atoms with Crippen LogP contribution in [0.15, 0.2) is 69.6 Å². The Morgan fingerprint density at radius 1 is 1.11 bits per heavy atom. The number of halogens is 3. The van der Waals surface area contributed by atoms with E-state index in [0.29, 0.717) is 0 Å². The van der Waals surface area contributed by atoms with Crippen LogP contribution >= 0.6 is 0 Å². The van der Waals surface area contributed by atoms with Crippen LogP contribution in [-0.2, 0) is 16.4 Å². The van der Waals surface area contributed by atoms with Gasteiger partial charge < -0.3 is 19.6 Å². The van der Waals surface area contributed by atoms with Gasteiger partial charge in [-0.15, -0.1) is 0 Å². The summed E-state index contributed by atoms with van der Waals surface area (Å²) in [6, 6.07) is 10.1. The summed E-state index contributed by atoms with van der Waals surface area (Å²) in [5, 5.41) is 14.0. The maximum Gasteiger partial charge on any atom is 0.281 e. The molecule has 1 aromatic heterocycles. The fraction of sp³-hybridized carbons (Fsp3) is 0.273. The number of carbonyl (C=O) groups excluding carboxylic acids is 1. The minimum Gasteiger partial charge on any atom is -0.506 e. The smallest absolute Gasteiger partial charge is 0.281 e. The van der Waals surface area contributed by atoms with Crippen molar-refractivity contribution in [3.63, 3.8) is 0 Å². The number of sulfone groups is 1. The average molecular weight is 654 g/mol. The number of carbonyl (C=O) groups is 1. The summed E-state index contributed by atoms with van der Waals surface area (Å²) in [5.74, 6) is -4.10. The fourth-order valence-corrected chi connectivity index (χ4v) is 8.45. The van der Waals surface area contributed by atoms with Crippen molar-refractivity contribution in [1.82, 2.24) is 4.98 Å². The normalized spacial score (nSPS) is 18.3. The number of aromatic hydroxyl groups is 1. The molecule has 0 fully saturated rings. The van der Waals surface area contributed by atoms with Gasteiger partial charge in [0.2, 0.25) is 0 Å². The highest BCUT2D eigenvalue weighted by molar-refractivity contribution is 7.95. The third-order valence-corrected chi connectivity index (χ3v) is 10.2. The van der Waals surface area contributed by atoms with E-state index in [4.69, 9.17) is 9.15 Å². The molecule has 0 saturated carbocycles. The number of rotatable bonds is 5. The third kappa shape index (κ3) is 5.48. The van der Waals surface area contributed by atoms with E-state index in [1.807, 2.05) is 0 Å². The van der Waals surface area contributed by atoms with Crippen LogP contribution in [-0.4, -0.2) is 30.2 Å². The van der Waals surface area contributed by atoms with Crippen molar-refractivity contribution in [1.29, 1.82) is 0 Å². The Labute approximate surface area is 263 Å². The number of aromatic nitrogens is 1. The SMILES string of the molecule is Cc1nc(C(=O)N2c3cccc(O)c3NC3=C(C2c2ccc(OCc4cccc(F)c4F)cc2F)S(=O)(=O)CC(C)(C)C3)c(C)o1. The molecule has 3 heterocycles. The lowest BCUT2D eigenvalue weighted by Crippen LogP contribution is -2.41. The number of benzene rings is 3. The summed E-state index contributed by atoms with van der Waals surface area (Å²) in [6.45, 7) is 6.23. The van der Waals surface area contributed by atoms with Crippen molar-refractivity contribution in [2.24, 2.45) is 5.41 Å². The van der Waals surface area contributed by atoms with Gasteiger partial charge in [-0.25, -0.2) is 26.6 Å². The number of fused-ring (bicyclic) bond motifs is 1. The minimum atomic E-state index is -4.16. The predicted molar refractivity (Wildman–Crippen MR) is 164 cm³/mol. The molecule has 1 unspecified atom stereocenters. The molecule has 0 bridgehead atoms. The molecular weight excluding hydrogens is 623 g/mol. The van der Waals surface area contributed by atoms with Gasteiger partial charge in [0.15, 0.2) is 33.1 Å². The number of amides is 1. The van der Waals surface area contributed by atoms with Crippen LogP contribution < -0.4 is 15.0 Å². The van der Waals surface area contributed by atoms with Gasteiger partial charge in [0.1, 0.15) is 41.4 Å². The predicted octanol–water partition coefficient (Wildman–Crippen LogP) is 6.86. The van der Waals surface area contributed by atoms with Gasteiger partial charge in [-0.05, 0) is 49.1 Å². The summed E-state index contributed by atoms with van der Waals surface area (Å²) < 4.78 is 83.5. The average Bonchev–Trinajstić information content (AvgIpc) is 3.22. The molecule has 2 aliphatic heterocycles. The minimum absolute atomic E-state index is 0.0441. The summed E-state index contributed by atoms with van der Waals surface area (Å²) in [5.41, 5.74) is -0.782. The lowest BCUT2D eigenvalue weighted by molar-refractivity contribution is 0.0974. The largest absolute Gasteiger partial charge is 0.506 e. The van der Waals surface area contributed by atoms with E-state index in [1.54, 1.807) is 20.8 Å². The first kappa shape index (κ1) is 31.2. The summed E-state index contributed by atoms with van der Waals surface area (Å²) in [6.07, 6.45) is 0.206. The van der Waals surface area contributed by atoms with E-state index in [1.165, 1.54) is 49.4 Å². The first-order valence-corrected chi connectivity index (χ1v) is 16.0. The maximum absolute atomic E-state index is 16.3. The lowest BCUT2D eigenvalue weighted by Gasteiger charge is -2.37. The van der Waals surface area contributed by atoms with Crippen LogP contribution in [0.1, 0.15) is 59.6 Å². The number of ether oxygens (including phenoxy) is 1. The zero-order chi connectivity index (χ0) is 33.1. The number of para-hydroxylation sites is 1. The molecule has 1 atom stereocenters. The van der Waals surface area contributed by atoms with Crippen molar-refractivity contribution in [2.45, 2.75) is 46.8 Å². The molecule has 9 nitrogen and oxygen atoms in total. The van der Waals surface area contributed by atoms with Gasteiger partial charge >= 0.3 is 0 Å². The van der Waals surface area contributed by atoms with Crippen molar-refractivity contribution in [3.8, 4) is 11.5 Å². The van der Waals surface area contributed by atoms with E-state index >= 15 is 4.39 Å². The Hall–Kier alpha value is -4.78. The van der Waals surface area contributed by atoms with Crippen LogP contribution in [0.25, 0.3) is 0 Å². The molecule has 0 aliphatic carbocycles. The Balaban J connectivity index is 1.55. The molecule has 1 amide bonds. The number of nitrogens with zero attached hydrogens (tertiary/aromatic N) is 2. The summed E-state index contributed by atoms with van der Waals surface area (Å²) >= 11 is 0. The Bertz CT molecular complexity index is 2040. The molecular formula is C33H30F3N3O6S. The Morgan fingerprint density at radius 2 is 1.85 bits per heavy atom. The topological polar surface area (TPSA) is 122 Å². The quantitative estimate of drug-likeness (QED) is 0.224. The molecule has 0 saturated heterocycles. The van der Waals surface area contributed by atoms with Crippen molar-refractivity contribution in [3.05, 3.63) is 111 Å². The van der Waals surface area contributed by atoms with Crippen molar-refractivity contribution >= 4 is 27.1 Å². The maximum atomic E-state index is 16.3. The van der Waals surface area contributed by atoms with Crippen molar-refractivity contribution in [2.75, 3.05) is 16.0 Å². The summed E-state index contributed by atoms with van der Waals surface area (Å²) in [4.78, 5) is 19.5. The molecule has 0 spiro atoms. The number of hydrogen-bond donors (Lipinski definition) is 2. The van der Waals surface area contributed by atoms with E-state index < -0.39 is 51.3 Å². The molecule has 4 aromatic rings. The highest BCUT2D eigenvalue weighted by Gasteiger charge is 2.48. The second-order valence-corrected chi connectivity index (χ2v) is 14.1. The molecule has 0 radical (unpaired) electrons.